The predicted octanol–water partition coefficient (Wildman–Crippen LogP) is 4.14. The summed E-state index contributed by atoms with van der Waals surface area (Å²) in [6.45, 7) is 0.799. The van der Waals surface area contributed by atoms with Crippen molar-refractivity contribution in [1.82, 2.24) is 4.90 Å². The maximum atomic E-state index is 12.7. The number of halogens is 2. The average Bonchev–Trinajstić information content (AvgIpc) is 2.83. The Hall–Kier alpha value is -1.30. The van der Waals surface area contributed by atoms with Crippen molar-refractivity contribution in [2.45, 2.75) is 12.8 Å². The van der Waals surface area contributed by atoms with Gasteiger partial charge in [-0.2, -0.15) is 0 Å². The molecule has 0 aliphatic carbocycles. The van der Waals surface area contributed by atoms with Crippen LogP contribution in [0.1, 0.15) is 22.5 Å². The van der Waals surface area contributed by atoms with Crippen molar-refractivity contribution in [1.29, 1.82) is 0 Å². The molecule has 1 aliphatic heterocycles. The van der Waals surface area contributed by atoms with Gasteiger partial charge in [0, 0.05) is 28.2 Å². The quantitative estimate of drug-likeness (QED) is 0.878. The number of carbonyl (C=O) groups excluding carboxylic acids is 1. The van der Waals surface area contributed by atoms with Crippen molar-refractivity contribution in [3.8, 4) is 0 Å². The molecule has 3 rings (SSSR count). The Balaban J connectivity index is 1.91. The second-order valence-corrected chi connectivity index (χ2v) is 7.18. The van der Waals surface area contributed by atoms with E-state index in [0.717, 1.165) is 10.1 Å². The maximum absolute atomic E-state index is 12.7. The normalized spacial score (nSPS) is 18.6. The zero-order chi connectivity index (χ0) is 15.9. The number of carboxylic acid groups (broad SMARTS) is 1. The highest BCUT2D eigenvalue weighted by Gasteiger charge is 2.30. The highest BCUT2D eigenvalue weighted by atomic mass is 35.5. The molecule has 0 radical (unpaired) electrons. The molecule has 1 fully saturated rings. The molecule has 1 saturated heterocycles. The number of benzene rings is 1. The first-order valence-corrected chi connectivity index (χ1v) is 8.44. The van der Waals surface area contributed by atoms with Crippen LogP contribution in [0.4, 0.5) is 0 Å². The first kappa shape index (κ1) is 15.6. The molecule has 1 atom stereocenters. The number of hydrogen-bond acceptors (Lipinski definition) is 3. The Labute approximate surface area is 141 Å². The van der Waals surface area contributed by atoms with Crippen LogP contribution in [0.5, 0.6) is 0 Å². The third-order valence-corrected chi connectivity index (χ3v) is 5.72. The number of carboxylic acids is 1. The lowest BCUT2D eigenvalue weighted by molar-refractivity contribution is -0.143. The molecule has 0 spiro atoms. The van der Waals surface area contributed by atoms with Crippen LogP contribution in [0.25, 0.3) is 10.1 Å². The summed E-state index contributed by atoms with van der Waals surface area (Å²) in [5, 5.41) is 10.9. The summed E-state index contributed by atoms with van der Waals surface area (Å²) in [4.78, 5) is 25.8. The number of carbonyl (C=O) groups is 2. The van der Waals surface area contributed by atoms with Crippen LogP contribution >= 0.6 is 34.5 Å². The number of amides is 1. The summed E-state index contributed by atoms with van der Waals surface area (Å²) in [5.74, 6) is -1.56. The topological polar surface area (TPSA) is 57.6 Å². The zero-order valence-electron chi connectivity index (χ0n) is 11.5. The Kier molecular flexibility index (Phi) is 4.30. The van der Waals surface area contributed by atoms with Crippen LogP contribution < -0.4 is 0 Å². The van der Waals surface area contributed by atoms with E-state index < -0.39 is 11.9 Å². The van der Waals surface area contributed by atoms with E-state index in [9.17, 15) is 9.59 Å². The van der Waals surface area contributed by atoms with E-state index in [1.165, 1.54) is 11.3 Å². The molecule has 1 aromatic carbocycles. The van der Waals surface area contributed by atoms with E-state index in [1.54, 1.807) is 23.1 Å². The highest BCUT2D eigenvalue weighted by Crippen LogP contribution is 2.37. The Morgan fingerprint density at radius 1 is 1.32 bits per heavy atom. The van der Waals surface area contributed by atoms with Gasteiger partial charge in [0.25, 0.3) is 5.91 Å². The number of piperidine rings is 1. The summed E-state index contributed by atoms with van der Waals surface area (Å²) >= 11 is 13.6. The highest BCUT2D eigenvalue weighted by molar-refractivity contribution is 7.21. The molecule has 116 valence electrons. The van der Waals surface area contributed by atoms with E-state index >= 15 is 0 Å². The summed E-state index contributed by atoms with van der Waals surface area (Å²) in [5.41, 5.74) is 0. The maximum Gasteiger partial charge on any atom is 0.308 e. The fourth-order valence-electron chi connectivity index (χ4n) is 2.68. The van der Waals surface area contributed by atoms with Crippen LogP contribution in [0, 0.1) is 5.92 Å². The summed E-state index contributed by atoms with van der Waals surface area (Å²) in [6.07, 6.45) is 1.30. The monoisotopic (exact) mass is 357 g/mol. The van der Waals surface area contributed by atoms with Crippen molar-refractivity contribution in [3.05, 3.63) is 33.1 Å². The fraction of sp³-hybridized carbons (Fsp3) is 0.333. The van der Waals surface area contributed by atoms with Crippen molar-refractivity contribution < 1.29 is 14.7 Å². The van der Waals surface area contributed by atoms with Crippen LogP contribution in [0.2, 0.25) is 10.0 Å². The lowest BCUT2D eigenvalue weighted by Crippen LogP contribution is -2.42. The smallest absolute Gasteiger partial charge is 0.308 e. The lowest BCUT2D eigenvalue weighted by atomic mass is 9.98. The molecule has 1 aromatic heterocycles. The van der Waals surface area contributed by atoms with Crippen LogP contribution in [0.3, 0.4) is 0 Å². The Morgan fingerprint density at radius 3 is 2.82 bits per heavy atom. The number of thiophene rings is 1. The number of rotatable bonds is 2. The Bertz CT molecular complexity index is 759. The van der Waals surface area contributed by atoms with Crippen LogP contribution in [0.15, 0.2) is 18.2 Å². The second kappa shape index (κ2) is 6.07. The molecule has 2 heterocycles. The molecule has 7 heteroatoms. The molecule has 0 saturated carbocycles. The van der Waals surface area contributed by atoms with Gasteiger partial charge in [0.15, 0.2) is 0 Å². The van der Waals surface area contributed by atoms with Crippen molar-refractivity contribution in [3.63, 3.8) is 0 Å². The Morgan fingerprint density at radius 2 is 2.09 bits per heavy atom. The van der Waals surface area contributed by atoms with Gasteiger partial charge in [0.2, 0.25) is 0 Å². The summed E-state index contributed by atoms with van der Waals surface area (Å²) in [7, 11) is 0. The molecule has 1 aliphatic rings. The van der Waals surface area contributed by atoms with Gasteiger partial charge < -0.3 is 10.0 Å². The van der Waals surface area contributed by atoms with Gasteiger partial charge in [-0.25, -0.2) is 0 Å². The molecule has 22 heavy (non-hydrogen) atoms. The van der Waals surface area contributed by atoms with Crippen molar-refractivity contribution in [2.75, 3.05) is 13.1 Å². The minimum Gasteiger partial charge on any atom is -0.481 e. The number of fused-ring (bicyclic) bond motifs is 1. The predicted molar refractivity (Wildman–Crippen MR) is 88.1 cm³/mol. The SMILES string of the molecule is O=C(O)[C@H]1CCCN(C(=O)c2sc3cc(Cl)ccc3c2Cl)C1. The fourth-order valence-corrected chi connectivity index (χ4v) is 4.44. The van der Waals surface area contributed by atoms with Gasteiger partial charge in [-0.1, -0.05) is 29.3 Å². The average molecular weight is 358 g/mol. The van der Waals surface area contributed by atoms with Crippen LogP contribution in [-0.2, 0) is 4.79 Å². The largest absolute Gasteiger partial charge is 0.481 e. The molecule has 4 nitrogen and oxygen atoms in total. The number of nitrogens with zero attached hydrogens (tertiary/aromatic N) is 1. The molecule has 2 aromatic rings. The first-order chi connectivity index (χ1) is 10.5. The number of likely N-dealkylation sites (tertiary alicyclic amines) is 1. The zero-order valence-corrected chi connectivity index (χ0v) is 13.8. The van der Waals surface area contributed by atoms with Gasteiger partial charge >= 0.3 is 5.97 Å². The molecule has 1 N–H and O–H groups in total. The first-order valence-electron chi connectivity index (χ1n) is 6.87. The van der Waals surface area contributed by atoms with Gasteiger partial charge in [0.1, 0.15) is 4.88 Å². The molecule has 0 unspecified atom stereocenters. The van der Waals surface area contributed by atoms with E-state index in [1.807, 2.05) is 0 Å². The van der Waals surface area contributed by atoms with Gasteiger partial charge in [0.05, 0.1) is 10.9 Å². The van der Waals surface area contributed by atoms with E-state index in [-0.39, 0.29) is 12.5 Å². The van der Waals surface area contributed by atoms with Gasteiger partial charge in [-0.05, 0) is 25.0 Å². The minimum absolute atomic E-state index is 0.201. The van der Waals surface area contributed by atoms with E-state index in [2.05, 4.69) is 0 Å². The molecule has 0 bridgehead atoms. The van der Waals surface area contributed by atoms with E-state index in [4.69, 9.17) is 28.3 Å². The lowest BCUT2D eigenvalue weighted by Gasteiger charge is -2.30. The minimum atomic E-state index is -0.855. The van der Waals surface area contributed by atoms with E-state index in [0.29, 0.717) is 34.3 Å². The van der Waals surface area contributed by atoms with Crippen molar-refractivity contribution in [2.24, 2.45) is 5.92 Å². The third kappa shape index (κ3) is 2.81. The molecular weight excluding hydrogens is 345 g/mol. The van der Waals surface area contributed by atoms with Gasteiger partial charge in [-0.3, -0.25) is 9.59 Å². The number of aliphatic carboxylic acids is 1. The van der Waals surface area contributed by atoms with Gasteiger partial charge in [-0.15, -0.1) is 11.3 Å². The van der Waals surface area contributed by atoms with Crippen molar-refractivity contribution >= 4 is 56.5 Å². The van der Waals surface area contributed by atoms with Crippen LogP contribution in [-0.4, -0.2) is 35.0 Å². The molecule has 1 amide bonds. The number of hydrogen-bond donors (Lipinski definition) is 1. The molecular formula is C15H13Cl2NO3S. The third-order valence-electron chi connectivity index (χ3n) is 3.84. The second-order valence-electron chi connectivity index (χ2n) is 5.31. The summed E-state index contributed by atoms with van der Waals surface area (Å²) < 4.78 is 0.854. The standard InChI is InChI=1S/C15H13Cl2NO3S/c16-9-3-4-10-11(6-9)22-13(12(10)17)14(19)18-5-1-2-8(7-18)15(20)21/h3-4,6,8H,1-2,5,7H2,(H,20,21)/t8-/m0/s1. The summed E-state index contributed by atoms with van der Waals surface area (Å²) in [6, 6.07) is 5.31.